The minimum atomic E-state index is -1.49. The van der Waals surface area contributed by atoms with E-state index in [0.717, 1.165) is 51.6 Å². The number of rotatable bonds is 62. The van der Waals surface area contributed by atoms with E-state index in [1.54, 1.807) is 0 Å². The fourth-order valence-electron chi connectivity index (χ4n) is 11.5. The smallest absolute Gasteiger partial charge is 0.326 e. The number of hydrogen-bond acceptors (Lipinski definition) is 10. The van der Waals surface area contributed by atoms with Crippen molar-refractivity contribution in [2.24, 2.45) is 5.92 Å². The Morgan fingerprint density at radius 2 is 0.977 bits per heavy atom. The summed E-state index contributed by atoms with van der Waals surface area (Å²) in [5.74, 6) is -5.15. The van der Waals surface area contributed by atoms with Gasteiger partial charge in [-0.2, -0.15) is 0 Å². The molecule has 6 atom stereocenters. The van der Waals surface area contributed by atoms with E-state index in [9.17, 15) is 39.0 Å². The molecule has 1 saturated heterocycles. The zero-order chi connectivity index (χ0) is 63.4. The topological polar surface area (TPSA) is 242 Å². The quantitative estimate of drug-likeness (QED) is 0.0281. The van der Waals surface area contributed by atoms with Crippen molar-refractivity contribution in [2.75, 3.05) is 46.4 Å². The predicted octanol–water partition coefficient (Wildman–Crippen LogP) is 15.6. The maximum absolute atomic E-state index is 13.0. The fourth-order valence-corrected chi connectivity index (χ4v) is 11.5. The molecule has 0 radical (unpaired) electrons. The van der Waals surface area contributed by atoms with Crippen molar-refractivity contribution in [1.29, 1.82) is 0 Å². The molecule has 1 fully saturated rings. The zero-order valence-corrected chi connectivity index (χ0v) is 55.8. The molecule has 17 nitrogen and oxygen atoms in total. The Kier molecular flexibility index (Phi) is 49.9. The van der Waals surface area contributed by atoms with E-state index in [4.69, 9.17) is 19.3 Å². The van der Waals surface area contributed by atoms with Crippen LogP contribution in [0, 0.1) is 5.92 Å². The molecule has 1 heterocycles. The summed E-state index contributed by atoms with van der Waals surface area (Å²) in [4.78, 5) is 74.5. The summed E-state index contributed by atoms with van der Waals surface area (Å²) in [7, 11) is 2.19. The van der Waals surface area contributed by atoms with Gasteiger partial charge in [0.05, 0.1) is 37.3 Å². The van der Waals surface area contributed by atoms with Crippen molar-refractivity contribution < 1.29 is 58.3 Å². The van der Waals surface area contributed by atoms with Crippen LogP contribution in [0.2, 0.25) is 0 Å². The van der Waals surface area contributed by atoms with Gasteiger partial charge in [-0.25, -0.2) is 14.4 Å². The maximum atomic E-state index is 13.0. The standard InChI is InChI=1S/C69H131N5O12/c1-7-10-12-14-16-18-20-22-24-25-27-29-31-33-35-37-41-50-69(49-40-36-34-32-30-28-26-23-21-19-17-15-13-11-8-2)85-57-59(86-69)48-54-74(6)53-44-38-42-52-71-64(78)58(4)56-84-68(5,9-3)55-62(75)70-51-43-39-45-60(65(79)80)72-67(83)73-61(66(81)82)46-47-63(76)77/h58-61H,7-57H2,1-6H3,(H,70,75)(H,71,78)(H,76,77)(H,79,80)(H,81,82)(H2,72,73,83)/t58?,59?,60-,61-,68?,69?/m1/s1. The van der Waals surface area contributed by atoms with Crippen molar-refractivity contribution in [3.05, 3.63) is 0 Å². The Labute approximate surface area is 523 Å². The number of nitrogens with one attached hydrogen (secondary N) is 4. The fraction of sp³-hybridized carbons (Fsp3) is 0.913. The molecule has 4 amide bonds. The molecule has 1 aliphatic heterocycles. The van der Waals surface area contributed by atoms with Gasteiger partial charge < -0.3 is 55.7 Å². The van der Waals surface area contributed by atoms with E-state index in [-0.39, 0.29) is 50.3 Å². The first-order valence-electron chi connectivity index (χ1n) is 35.4. The molecule has 4 unspecified atom stereocenters. The van der Waals surface area contributed by atoms with Crippen LogP contribution in [-0.2, 0) is 38.2 Å². The van der Waals surface area contributed by atoms with E-state index in [1.807, 2.05) is 20.8 Å². The van der Waals surface area contributed by atoms with Crippen molar-refractivity contribution >= 4 is 35.8 Å². The number of carboxylic acids is 3. The number of carbonyl (C=O) groups is 6. The lowest BCUT2D eigenvalue weighted by Gasteiger charge is -2.29. The molecule has 0 spiro atoms. The molecule has 504 valence electrons. The van der Waals surface area contributed by atoms with E-state index in [1.165, 1.54) is 205 Å². The lowest BCUT2D eigenvalue weighted by molar-refractivity contribution is -0.180. The summed E-state index contributed by atoms with van der Waals surface area (Å²) in [6.45, 7) is 13.8. The van der Waals surface area contributed by atoms with Crippen molar-refractivity contribution in [3.8, 4) is 0 Å². The second-order valence-electron chi connectivity index (χ2n) is 25.9. The summed E-state index contributed by atoms with van der Waals surface area (Å²) in [5.41, 5.74) is -0.801. The number of aliphatic carboxylic acids is 3. The van der Waals surface area contributed by atoms with E-state index >= 15 is 0 Å². The molecule has 0 aromatic carbocycles. The maximum Gasteiger partial charge on any atom is 0.326 e. The average molecular weight is 1220 g/mol. The highest BCUT2D eigenvalue weighted by molar-refractivity contribution is 5.86. The monoisotopic (exact) mass is 1220 g/mol. The molecule has 0 bridgehead atoms. The van der Waals surface area contributed by atoms with Gasteiger partial charge in [0.25, 0.3) is 0 Å². The summed E-state index contributed by atoms with van der Waals surface area (Å²) < 4.78 is 19.7. The summed E-state index contributed by atoms with van der Waals surface area (Å²) >= 11 is 0. The van der Waals surface area contributed by atoms with Gasteiger partial charge in [0.1, 0.15) is 12.1 Å². The molecule has 86 heavy (non-hydrogen) atoms. The average Bonchev–Trinajstić information content (AvgIpc) is 3.94. The van der Waals surface area contributed by atoms with Crippen LogP contribution >= 0.6 is 0 Å². The highest BCUT2D eigenvalue weighted by atomic mass is 16.7. The second kappa shape index (κ2) is 53.3. The van der Waals surface area contributed by atoms with Crippen LogP contribution < -0.4 is 21.3 Å². The molecule has 17 heteroatoms. The lowest BCUT2D eigenvalue weighted by Crippen LogP contribution is -2.51. The van der Waals surface area contributed by atoms with Crippen LogP contribution in [0.1, 0.15) is 324 Å². The van der Waals surface area contributed by atoms with Gasteiger partial charge in [-0.1, -0.05) is 227 Å². The van der Waals surface area contributed by atoms with Gasteiger partial charge in [0.15, 0.2) is 5.79 Å². The Balaban J connectivity index is 2.40. The summed E-state index contributed by atoms with van der Waals surface area (Å²) in [6.07, 6.45) is 50.5. The Hall–Kier alpha value is -3.54. The SMILES string of the molecule is CCCCCCCCCCCCCCCCCCCC1(CCCCCCCCCCCCCCCCC)OCC(CCN(C)CCCCCNC(=O)C(C)COC(C)(CC)CC(=O)NCCCC[C@@H](NC(=O)N[C@H](CCC(=O)O)C(=O)O)C(=O)O)O1. The van der Waals surface area contributed by atoms with Crippen LogP contribution in [-0.4, -0.2) is 132 Å². The van der Waals surface area contributed by atoms with Crippen LogP contribution in [0.3, 0.4) is 0 Å². The lowest BCUT2D eigenvalue weighted by atomic mass is 9.97. The van der Waals surface area contributed by atoms with Crippen molar-refractivity contribution in [3.63, 3.8) is 0 Å². The Bertz CT molecular complexity index is 1730. The number of nitrogens with zero attached hydrogens (tertiary/aromatic N) is 1. The molecular formula is C69H131N5O12. The van der Waals surface area contributed by atoms with E-state index in [2.05, 4.69) is 47.1 Å². The molecule has 1 rings (SSSR count). The van der Waals surface area contributed by atoms with Gasteiger partial charge in [0.2, 0.25) is 11.8 Å². The summed E-state index contributed by atoms with van der Waals surface area (Å²) in [6, 6.07) is -3.85. The highest BCUT2D eigenvalue weighted by Gasteiger charge is 2.40. The number of carbonyl (C=O) groups excluding carboxylic acids is 3. The largest absolute Gasteiger partial charge is 0.481 e. The van der Waals surface area contributed by atoms with Gasteiger partial charge in [-0.15, -0.1) is 0 Å². The van der Waals surface area contributed by atoms with Crippen molar-refractivity contribution in [1.82, 2.24) is 26.2 Å². The van der Waals surface area contributed by atoms with Crippen molar-refractivity contribution in [2.45, 2.75) is 353 Å². The third-order valence-corrected chi connectivity index (χ3v) is 17.6. The first kappa shape index (κ1) is 80.5. The highest BCUT2D eigenvalue weighted by Crippen LogP contribution is 2.36. The first-order chi connectivity index (χ1) is 41.5. The van der Waals surface area contributed by atoms with Gasteiger partial charge >= 0.3 is 23.9 Å². The normalized spacial score (nSPS) is 16.8. The van der Waals surface area contributed by atoms with Crippen LogP contribution in [0.4, 0.5) is 4.79 Å². The number of carboxylic acid groups (broad SMARTS) is 3. The third-order valence-electron chi connectivity index (χ3n) is 17.6. The molecule has 1 aliphatic rings. The first-order valence-corrected chi connectivity index (χ1v) is 35.4. The minimum Gasteiger partial charge on any atom is -0.481 e. The molecule has 7 N–H and O–H groups in total. The van der Waals surface area contributed by atoms with E-state index < -0.39 is 59.7 Å². The summed E-state index contributed by atoms with van der Waals surface area (Å²) in [5, 5.41) is 37.9. The Morgan fingerprint density at radius 1 is 0.558 bits per heavy atom. The molecular weight excluding hydrogens is 1090 g/mol. The minimum absolute atomic E-state index is 0.0193. The number of amides is 4. The van der Waals surface area contributed by atoms with Crippen LogP contribution in [0.15, 0.2) is 0 Å². The van der Waals surface area contributed by atoms with Gasteiger partial charge in [-0.3, -0.25) is 14.4 Å². The molecule has 0 saturated carbocycles. The van der Waals surface area contributed by atoms with Crippen LogP contribution in [0.25, 0.3) is 0 Å². The zero-order valence-electron chi connectivity index (χ0n) is 55.8. The van der Waals surface area contributed by atoms with Gasteiger partial charge in [0, 0.05) is 38.9 Å². The predicted molar refractivity (Wildman–Crippen MR) is 348 cm³/mol. The van der Waals surface area contributed by atoms with E-state index in [0.29, 0.717) is 32.4 Å². The number of ether oxygens (including phenoxy) is 3. The third kappa shape index (κ3) is 44.8. The number of urea groups is 1. The molecule has 0 aromatic heterocycles. The van der Waals surface area contributed by atoms with Gasteiger partial charge in [-0.05, 0) is 84.7 Å². The Morgan fingerprint density at radius 3 is 1.42 bits per heavy atom. The second-order valence-corrected chi connectivity index (χ2v) is 25.9. The number of hydrogen-bond donors (Lipinski definition) is 7. The molecule has 0 aromatic rings. The number of unbranched alkanes of at least 4 members (excludes halogenated alkanes) is 33. The molecule has 0 aliphatic carbocycles. The van der Waals surface area contributed by atoms with Crippen LogP contribution in [0.5, 0.6) is 0 Å².